The minimum atomic E-state index is -0.633. The maximum Gasteiger partial charge on any atom is 0.315 e. The van der Waals surface area contributed by atoms with Gasteiger partial charge in [-0.25, -0.2) is 0 Å². The van der Waals surface area contributed by atoms with Gasteiger partial charge in [-0.15, -0.1) is 0 Å². The van der Waals surface area contributed by atoms with Crippen molar-refractivity contribution < 1.29 is 9.53 Å². The number of rotatable bonds is 5. The van der Waals surface area contributed by atoms with E-state index in [-0.39, 0.29) is 5.97 Å². The summed E-state index contributed by atoms with van der Waals surface area (Å²) in [6.07, 6.45) is 0.701. The largest absolute Gasteiger partial charge is 0.465 e. The predicted octanol–water partition coefficient (Wildman–Crippen LogP) is 3.37. The van der Waals surface area contributed by atoms with Crippen LogP contribution in [0.15, 0.2) is 42.5 Å². The van der Waals surface area contributed by atoms with Crippen molar-refractivity contribution in [1.82, 2.24) is 0 Å². The molecule has 1 aromatic carbocycles. The molecule has 0 aliphatic rings. The maximum absolute atomic E-state index is 11.8. The van der Waals surface area contributed by atoms with Crippen molar-refractivity contribution in [2.75, 3.05) is 6.61 Å². The molecule has 2 nitrogen and oxygen atoms in total. The second-order valence-electron chi connectivity index (χ2n) is 4.61. The monoisotopic (exact) mass is 232 g/mol. The molecule has 0 fully saturated rings. The molecule has 2 heteroatoms. The van der Waals surface area contributed by atoms with E-state index in [4.69, 9.17) is 4.74 Å². The minimum Gasteiger partial charge on any atom is -0.465 e. The highest BCUT2D eigenvalue weighted by molar-refractivity contribution is 5.79. The Morgan fingerprint density at radius 3 is 2.41 bits per heavy atom. The molecule has 17 heavy (non-hydrogen) atoms. The van der Waals surface area contributed by atoms with Crippen molar-refractivity contribution in [2.24, 2.45) is 5.41 Å². The summed E-state index contributed by atoms with van der Waals surface area (Å²) in [5, 5.41) is 0. The summed E-state index contributed by atoms with van der Waals surface area (Å²) >= 11 is 0. The number of hydrogen-bond acceptors (Lipinski definition) is 2. The zero-order chi connectivity index (χ0) is 12.9. The first-order chi connectivity index (χ1) is 7.98. The minimum absolute atomic E-state index is 0.207. The van der Waals surface area contributed by atoms with Crippen molar-refractivity contribution >= 4 is 5.97 Å². The third-order valence-corrected chi connectivity index (χ3v) is 2.93. The number of benzene rings is 1. The van der Waals surface area contributed by atoms with Gasteiger partial charge < -0.3 is 4.74 Å². The molecule has 0 radical (unpaired) electrons. The van der Waals surface area contributed by atoms with E-state index in [1.54, 1.807) is 0 Å². The van der Waals surface area contributed by atoms with Crippen LogP contribution in [-0.4, -0.2) is 12.6 Å². The van der Waals surface area contributed by atoms with Gasteiger partial charge in [0.1, 0.15) is 0 Å². The van der Waals surface area contributed by atoms with Crippen LogP contribution in [0.2, 0.25) is 0 Å². The van der Waals surface area contributed by atoms with Gasteiger partial charge in [-0.2, -0.15) is 0 Å². The van der Waals surface area contributed by atoms with Gasteiger partial charge in [0.05, 0.1) is 12.0 Å². The first-order valence-electron chi connectivity index (χ1n) is 5.88. The number of carbonyl (C=O) groups is 1. The maximum atomic E-state index is 11.8. The molecule has 0 heterocycles. The fraction of sp³-hybridized carbons (Fsp3) is 0.400. The van der Waals surface area contributed by atoms with Gasteiger partial charge in [-0.3, -0.25) is 4.79 Å². The van der Waals surface area contributed by atoms with E-state index in [9.17, 15) is 4.79 Å². The number of esters is 1. The Bertz CT molecular complexity index is 391. The summed E-state index contributed by atoms with van der Waals surface area (Å²) in [4.78, 5) is 11.8. The molecule has 0 atom stereocenters. The lowest BCUT2D eigenvalue weighted by molar-refractivity contribution is -0.151. The Morgan fingerprint density at radius 2 is 1.88 bits per heavy atom. The standard InChI is InChI=1S/C15H20O2/c1-5-17-14(16)15(3,4)12(2)11-13-9-7-6-8-10-13/h6-10H,2,5,11H2,1,3-4H3. The highest BCUT2D eigenvalue weighted by Gasteiger charge is 2.32. The summed E-state index contributed by atoms with van der Waals surface area (Å²) in [5.41, 5.74) is 1.41. The molecule has 0 saturated heterocycles. The molecule has 92 valence electrons. The lowest BCUT2D eigenvalue weighted by atomic mass is 9.82. The summed E-state index contributed by atoms with van der Waals surface area (Å²) in [6.45, 7) is 9.96. The van der Waals surface area contributed by atoms with Crippen LogP contribution in [0.3, 0.4) is 0 Å². The van der Waals surface area contributed by atoms with Crippen LogP contribution in [0.25, 0.3) is 0 Å². The lowest BCUT2D eigenvalue weighted by Crippen LogP contribution is -2.29. The van der Waals surface area contributed by atoms with Gasteiger partial charge in [0.25, 0.3) is 0 Å². The molecule has 0 aliphatic carbocycles. The summed E-state index contributed by atoms with van der Waals surface area (Å²) in [5.74, 6) is -0.207. The van der Waals surface area contributed by atoms with Gasteiger partial charge in [-0.1, -0.05) is 42.5 Å². The number of carbonyl (C=O) groups excluding carboxylic acids is 1. The summed E-state index contributed by atoms with van der Waals surface area (Å²) in [6, 6.07) is 10.0. The fourth-order valence-electron chi connectivity index (χ4n) is 1.52. The molecule has 0 aromatic heterocycles. The Balaban J connectivity index is 2.73. The van der Waals surface area contributed by atoms with Crippen molar-refractivity contribution in [2.45, 2.75) is 27.2 Å². The van der Waals surface area contributed by atoms with Crippen LogP contribution < -0.4 is 0 Å². The van der Waals surface area contributed by atoms with E-state index in [0.29, 0.717) is 13.0 Å². The first-order valence-corrected chi connectivity index (χ1v) is 5.88. The van der Waals surface area contributed by atoms with Gasteiger partial charge in [0.2, 0.25) is 0 Å². The number of ether oxygens (including phenoxy) is 1. The Morgan fingerprint density at radius 1 is 1.29 bits per heavy atom. The SMILES string of the molecule is C=C(Cc1ccccc1)C(C)(C)C(=O)OCC. The van der Waals surface area contributed by atoms with E-state index < -0.39 is 5.41 Å². The smallest absolute Gasteiger partial charge is 0.315 e. The van der Waals surface area contributed by atoms with Crippen LogP contribution in [0.1, 0.15) is 26.3 Å². The molecule has 0 aliphatic heterocycles. The van der Waals surface area contributed by atoms with E-state index in [1.165, 1.54) is 0 Å². The Hall–Kier alpha value is -1.57. The lowest BCUT2D eigenvalue weighted by Gasteiger charge is -2.25. The normalized spacial score (nSPS) is 11.0. The molecular weight excluding hydrogens is 212 g/mol. The zero-order valence-electron chi connectivity index (χ0n) is 10.8. The van der Waals surface area contributed by atoms with E-state index in [0.717, 1.165) is 11.1 Å². The molecule has 0 bridgehead atoms. The second-order valence-corrected chi connectivity index (χ2v) is 4.61. The molecule has 0 saturated carbocycles. The van der Waals surface area contributed by atoms with Gasteiger partial charge >= 0.3 is 5.97 Å². The highest BCUT2D eigenvalue weighted by atomic mass is 16.5. The molecule has 0 spiro atoms. The van der Waals surface area contributed by atoms with Crippen LogP contribution in [0.5, 0.6) is 0 Å². The summed E-state index contributed by atoms with van der Waals surface area (Å²) in [7, 11) is 0. The van der Waals surface area contributed by atoms with Crippen LogP contribution >= 0.6 is 0 Å². The second kappa shape index (κ2) is 5.67. The van der Waals surface area contributed by atoms with E-state index in [2.05, 4.69) is 6.58 Å². The summed E-state index contributed by atoms with van der Waals surface area (Å²) < 4.78 is 5.07. The van der Waals surface area contributed by atoms with Crippen molar-refractivity contribution in [3.8, 4) is 0 Å². The quantitative estimate of drug-likeness (QED) is 0.574. The molecule has 1 rings (SSSR count). The topological polar surface area (TPSA) is 26.3 Å². The third kappa shape index (κ3) is 3.45. The first kappa shape index (κ1) is 13.5. The molecule has 0 unspecified atom stereocenters. The number of hydrogen-bond donors (Lipinski definition) is 0. The van der Waals surface area contributed by atoms with E-state index in [1.807, 2.05) is 51.1 Å². The van der Waals surface area contributed by atoms with E-state index >= 15 is 0 Å². The van der Waals surface area contributed by atoms with Crippen molar-refractivity contribution in [3.05, 3.63) is 48.0 Å². The van der Waals surface area contributed by atoms with Gasteiger partial charge in [0.15, 0.2) is 0 Å². The Kier molecular flexibility index (Phi) is 4.50. The highest BCUT2D eigenvalue weighted by Crippen LogP contribution is 2.29. The van der Waals surface area contributed by atoms with Crippen LogP contribution in [0.4, 0.5) is 0 Å². The van der Waals surface area contributed by atoms with Crippen molar-refractivity contribution in [1.29, 1.82) is 0 Å². The molecule has 0 amide bonds. The van der Waals surface area contributed by atoms with Crippen LogP contribution in [-0.2, 0) is 16.0 Å². The molecular formula is C15H20O2. The zero-order valence-corrected chi connectivity index (χ0v) is 10.8. The van der Waals surface area contributed by atoms with Gasteiger partial charge in [-0.05, 0) is 32.8 Å². The Labute approximate surface area is 103 Å². The third-order valence-electron chi connectivity index (χ3n) is 2.93. The van der Waals surface area contributed by atoms with Gasteiger partial charge in [0, 0.05) is 0 Å². The predicted molar refractivity (Wildman–Crippen MR) is 69.7 cm³/mol. The average molecular weight is 232 g/mol. The van der Waals surface area contributed by atoms with Crippen LogP contribution in [0, 0.1) is 5.41 Å². The van der Waals surface area contributed by atoms with Crippen molar-refractivity contribution in [3.63, 3.8) is 0 Å². The average Bonchev–Trinajstić information content (AvgIpc) is 2.30. The molecule has 1 aromatic rings. The molecule has 0 N–H and O–H groups in total. The fourth-order valence-corrected chi connectivity index (χ4v) is 1.52.